The predicted molar refractivity (Wildman–Crippen MR) is 70.1 cm³/mol. The molecule has 0 aliphatic carbocycles. The van der Waals surface area contributed by atoms with Gasteiger partial charge in [0.15, 0.2) is 0 Å². The topological polar surface area (TPSA) is 0 Å². The second kappa shape index (κ2) is 5.14. The van der Waals surface area contributed by atoms with E-state index >= 15 is 0 Å². The van der Waals surface area contributed by atoms with E-state index < -0.39 is 6.63 Å². The summed E-state index contributed by atoms with van der Waals surface area (Å²) in [6, 6.07) is 14.5. The summed E-state index contributed by atoms with van der Waals surface area (Å²) < 4.78 is 13.4. The van der Waals surface area contributed by atoms with E-state index in [-0.39, 0.29) is 5.82 Å². The van der Waals surface area contributed by atoms with Gasteiger partial charge in [-0.3, -0.25) is 0 Å². The molecule has 2 rings (SSSR count). The second-order valence-corrected chi connectivity index (χ2v) is 6.76. The largest absolute Gasteiger partial charge is 0.206 e. The van der Waals surface area contributed by atoms with E-state index in [1.807, 2.05) is 30.3 Å². The Morgan fingerprint density at radius 1 is 0.875 bits per heavy atom. The molecule has 0 aromatic heterocycles. The first kappa shape index (κ1) is 11.9. The molecule has 0 N–H and O–H groups in total. The molecule has 0 saturated heterocycles. The summed E-state index contributed by atoms with van der Waals surface area (Å²) in [7, 11) is 0. The number of benzene rings is 2. The highest BCUT2D eigenvalue weighted by Gasteiger charge is 2.11. The molecular formula is C12H8Cl2FP. The van der Waals surface area contributed by atoms with Crippen molar-refractivity contribution in [2.45, 2.75) is 0 Å². The molecular weight excluding hydrogens is 265 g/mol. The first-order chi connectivity index (χ1) is 7.68. The maximum absolute atomic E-state index is 13.4. The number of rotatable bonds is 2. The molecule has 0 atom stereocenters. The smallest absolute Gasteiger partial charge is 0.133 e. The van der Waals surface area contributed by atoms with Gasteiger partial charge in [0.05, 0.1) is 0 Å². The molecule has 0 heterocycles. The van der Waals surface area contributed by atoms with Crippen molar-refractivity contribution in [1.29, 1.82) is 0 Å². The van der Waals surface area contributed by atoms with Gasteiger partial charge in [0.2, 0.25) is 0 Å². The molecule has 82 valence electrons. The van der Waals surface area contributed by atoms with Gasteiger partial charge in [-0.2, -0.15) is 0 Å². The molecule has 0 fully saturated rings. The Morgan fingerprint density at radius 3 is 2.19 bits per heavy atom. The molecule has 0 aliphatic heterocycles. The van der Waals surface area contributed by atoms with Crippen LogP contribution in [-0.4, -0.2) is 0 Å². The SMILES string of the molecule is Fc1ccc(-c2ccccc2)cc1P(Cl)Cl. The molecule has 16 heavy (non-hydrogen) atoms. The Bertz CT molecular complexity index is 486. The lowest BCUT2D eigenvalue weighted by molar-refractivity contribution is 0.636. The number of hydrogen-bond donors (Lipinski definition) is 0. The van der Waals surface area contributed by atoms with Crippen molar-refractivity contribution in [2.75, 3.05) is 0 Å². The minimum atomic E-state index is -1.45. The summed E-state index contributed by atoms with van der Waals surface area (Å²) in [5.74, 6) is -0.351. The molecule has 0 unspecified atom stereocenters. The maximum Gasteiger partial charge on any atom is 0.133 e. The predicted octanol–water partition coefficient (Wildman–Crippen LogP) is 4.91. The molecule has 0 nitrogen and oxygen atoms in total. The quantitative estimate of drug-likeness (QED) is 0.682. The maximum atomic E-state index is 13.4. The van der Waals surface area contributed by atoms with Crippen LogP contribution in [0.3, 0.4) is 0 Å². The van der Waals surface area contributed by atoms with Crippen molar-refractivity contribution >= 4 is 34.4 Å². The van der Waals surface area contributed by atoms with Crippen LogP contribution in [0.25, 0.3) is 11.1 Å². The fourth-order valence-corrected chi connectivity index (χ4v) is 2.70. The van der Waals surface area contributed by atoms with Gasteiger partial charge in [-0.15, -0.1) is 0 Å². The minimum absolute atomic E-state index is 0.351. The molecule has 0 saturated carbocycles. The van der Waals surface area contributed by atoms with Gasteiger partial charge in [-0.25, -0.2) is 4.39 Å². The van der Waals surface area contributed by atoms with E-state index in [1.165, 1.54) is 6.07 Å². The van der Waals surface area contributed by atoms with Crippen LogP contribution in [-0.2, 0) is 0 Å². The Labute approximate surface area is 104 Å². The highest BCUT2D eigenvalue weighted by Crippen LogP contribution is 2.46. The third-order valence-electron chi connectivity index (χ3n) is 2.24. The van der Waals surface area contributed by atoms with Crippen molar-refractivity contribution < 1.29 is 4.39 Å². The van der Waals surface area contributed by atoms with Crippen LogP contribution >= 0.6 is 29.1 Å². The number of hydrogen-bond acceptors (Lipinski definition) is 0. The van der Waals surface area contributed by atoms with Crippen molar-refractivity contribution in [1.82, 2.24) is 0 Å². The Hall–Kier alpha value is -0.620. The number of halogens is 3. The Balaban J connectivity index is 2.48. The Kier molecular flexibility index (Phi) is 3.81. The van der Waals surface area contributed by atoms with Crippen molar-refractivity contribution in [3.05, 3.63) is 54.3 Å². The molecule has 0 amide bonds. The van der Waals surface area contributed by atoms with Gasteiger partial charge in [0, 0.05) is 5.30 Å². The summed E-state index contributed by atoms with van der Waals surface area (Å²) in [5.41, 5.74) is 1.94. The van der Waals surface area contributed by atoms with E-state index in [9.17, 15) is 4.39 Å². The van der Waals surface area contributed by atoms with Crippen LogP contribution in [0.15, 0.2) is 48.5 Å². The molecule has 0 aliphatic rings. The molecule has 2 aromatic carbocycles. The first-order valence-corrected chi connectivity index (χ1v) is 7.80. The third-order valence-corrected chi connectivity index (χ3v) is 4.03. The fraction of sp³-hybridized carbons (Fsp3) is 0. The lowest BCUT2D eigenvalue weighted by Gasteiger charge is -2.07. The molecule has 0 bridgehead atoms. The molecule has 0 radical (unpaired) electrons. The zero-order chi connectivity index (χ0) is 11.5. The van der Waals surface area contributed by atoms with Gasteiger partial charge in [-0.05, 0) is 23.3 Å². The van der Waals surface area contributed by atoms with Crippen LogP contribution in [0.2, 0.25) is 0 Å². The summed E-state index contributed by atoms with van der Waals surface area (Å²) in [5, 5.41) is 0.375. The zero-order valence-corrected chi connectivity index (χ0v) is 10.6. The van der Waals surface area contributed by atoms with Gasteiger partial charge in [0.25, 0.3) is 0 Å². The molecule has 2 aromatic rings. The summed E-state index contributed by atoms with van der Waals surface area (Å²) >= 11 is 11.5. The summed E-state index contributed by atoms with van der Waals surface area (Å²) in [6.07, 6.45) is 0. The summed E-state index contributed by atoms with van der Waals surface area (Å²) in [4.78, 5) is 0. The third kappa shape index (κ3) is 2.55. The lowest BCUT2D eigenvalue weighted by atomic mass is 10.1. The van der Waals surface area contributed by atoms with E-state index in [0.29, 0.717) is 5.30 Å². The minimum Gasteiger partial charge on any atom is -0.206 e. The lowest BCUT2D eigenvalue weighted by Crippen LogP contribution is -2.01. The normalized spacial score (nSPS) is 10.8. The first-order valence-electron chi connectivity index (χ1n) is 4.65. The van der Waals surface area contributed by atoms with Crippen molar-refractivity contribution in [2.24, 2.45) is 0 Å². The molecule has 4 heteroatoms. The van der Waals surface area contributed by atoms with E-state index in [4.69, 9.17) is 22.5 Å². The van der Waals surface area contributed by atoms with Gasteiger partial charge in [0.1, 0.15) is 12.4 Å². The van der Waals surface area contributed by atoms with Gasteiger partial charge < -0.3 is 0 Å². The zero-order valence-electron chi connectivity index (χ0n) is 8.20. The van der Waals surface area contributed by atoms with Gasteiger partial charge in [-0.1, -0.05) is 58.9 Å². The Morgan fingerprint density at radius 2 is 1.56 bits per heavy atom. The average Bonchev–Trinajstić information content (AvgIpc) is 2.30. The monoisotopic (exact) mass is 272 g/mol. The van der Waals surface area contributed by atoms with Gasteiger partial charge >= 0.3 is 0 Å². The highest BCUT2D eigenvalue weighted by atomic mass is 35.9. The summed E-state index contributed by atoms with van der Waals surface area (Å²) in [6.45, 7) is -1.45. The van der Waals surface area contributed by atoms with E-state index in [2.05, 4.69) is 0 Å². The van der Waals surface area contributed by atoms with Crippen LogP contribution in [0.5, 0.6) is 0 Å². The van der Waals surface area contributed by atoms with Crippen molar-refractivity contribution in [3.63, 3.8) is 0 Å². The van der Waals surface area contributed by atoms with E-state index in [0.717, 1.165) is 11.1 Å². The standard InChI is InChI=1S/C12H8Cl2FP/c13-16(14)12-8-10(6-7-11(12)15)9-4-2-1-3-5-9/h1-8H. The van der Waals surface area contributed by atoms with Crippen molar-refractivity contribution in [3.8, 4) is 11.1 Å². The van der Waals surface area contributed by atoms with Crippen LogP contribution in [0, 0.1) is 5.82 Å². The second-order valence-electron chi connectivity index (χ2n) is 3.27. The fourth-order valence-electron chi connectivity index (χ4n) is 1.45. The van der Waals surface area contributed by atoms with Crippen LogP contribution < -0.4 is 5.30 Å². The van der Waals surface area contributed by atoms with E-state index in [1.54, 1.807) is 12.1 Å². The van der Waals surface area contributed by atoms with Crippen LogP contribution in [0.1, 0.15) is 0 Å². The van der Waals surface area contributed by atoms with Crippen LogP contribution in [0.4, 0.5) is 4.39 Å². The highest BCUT2D eigenvalue weighted by molar-refractivity contribution is 8.08. The average molecular weight is 273 g/mol. The molecule has 0 spiro atoms.